The summed E-state index contributed by atoms with van der Waals surface area (Å²) in [7, 11) is 0. The number of nitrogens with zero attached hydrogens (tertiary/aromatic N) is 1. The number of fused-ring (bicyclic) bond motifs is 2. The number of hydrogen-bond donors (Lipinski definition) is 0. The average molecular weight is 371 g/mol. The van der Waals surface area contributed by atoms with Crippen molar-refractivity contribution in [3.8, 4) is 18.1 Å². The van der Waals surface area contributed by atoms with Gasteiger partial charge in [0.25, 0.3) is 0 Å². The van der Waals surface area contributed by atoms with E-state index in [4.69, 9.17) is 11.2 Å². The van der Waals surface area contributed by atoms with Crippen LogP contribution in [0.1, 0.15) is 37.8 Å². The molecule has 1 aliphatic rings. The Hall–Kier alpha value is -3.12. The van der Waals surface area contributed by atoms with Crippen molar-refractivity contribution in [3.63, 3.8) is 0 Å². The van der Waals surface area contributed by atoms with Crippen LogP contribution in [0.4, 0.5) is 4.39 Å². The lowest BCUT2D eigenvalue weighted by Gasteiger charge is -2.32. The lowest BCUT2D eigenvalue weighted by Crippen LogP contribution is -2.36. The smallest absolute Gasteiger partial charge is 0.165 e. The van der Waals surface area contributed by atoms with Crippen LogP contribution in [0.5, 0.6) is 5.75 Å². The van der Waals surface area contributed by atoms with E-state index < -0.39 is 5.60 Å². The van der Waals surface area contributed by atoms with Gasteiger partial charge < -0.3 is 4.74 Å². The van der Waals surface area contributed by atoms with E-state index in [2.05, 4.69) is 23.0 Å². The molecule has 1 aromatic heterocycles. The van der Waals surface area contributed by atoms with Crippen molar-refractivity contribution in [2.75, 3.05) is 0 Å². The lowest BCUT2D eigenvalue weighted by atomic mass is 9.84. The van der Waals surface area contributed by atoms with E-state index in [0.29, 0.717) is 6.42 Å². The van der Waals surface area contributed by atoms with Crippen molar-refractivity contribution in [2.24, 2.45) is 5.92 Å². The molecule has 0 saturated heterocycles. The molecule has 28 heavy (non-hydrogen) atoms. The van der Waals surface area contributed by atoms with E-state index in [1.165, 1.54) is 6.07 Å². The fraction of sp³-hybridized carbons (Fsp3) is 0.240. The van der Waals surface area contributed by atoms with Crippen molar-refractivity contribution < 1.29 is 9.13 Å². The van der Waals surface area contributed by atoms with Gasteiger partial charge >= 0.3 is 0 Å². The van der Waals surface area contributed by atoms with Gasteiger partial charge in [0, 0.05) is 35.0 Å². The van der Waals surface area contributed by atoms with Gasteiger partial charge in [-0.1, -0.05) is 36.4 Å². The maximum atomic E-state index is 14.7. The number of rotatable bonds is 3. The Morgan fingerprint density at radius 2 is 2.00 bits per heavy atom. The molecule has 4 rings (SSSR count). The van der Waals surface area contributed by atoms with E-state index in [0.717, 1.165) is 34.0 Å². The molecule has 2 nitrogen and oxygen atoms in total. The number of terminal acetylenes is 1. The van der Waals surface area contributed by atoms with Crippen LogP contribution in [0, 0.1) is 24.1 Å². The molecule has 1 atom stereocenters. The highest BCUT2D eigenvalue weighted by atomic mass is 19.1. The molecule has 0 N–H and O–H groups in total. The second-order valence-corrected chi connectivity index (χ2v) is 7.67. The standard InChI is InChI=1S/C25H22FNO/c1-4-5-10-19-15-21(18-14-17-9-6-7-13-23(17)27-16-18)20-11-8-12-22(26)24(20)28-25(19,2)3/h1,6-9,11-16,19H,5,10H2,2-3H3. The topological polar surface area (TPSA) is 22.1 Å². The molecule has 1 unspecified atom stereocenters. The number of ether oxygens (including phenoxy) is 1. The maximum absolute atomic E-state index is 14.7. The van der Waals surface area contributed by atoms with Crippen molar-refractivity contribution in [1.82, 2.24) is 4.98 Å². The summed E-state index contributed by atoms with van der Waals surface area (Å²) in [6.45, 7) is 3.98. The Labute approximate surface area is 165 Å². The quantitative estimate of drug-likeness (QED) is 0.526. The lowest BCUT2D eigenvalue weighted by molar-refractivity contribution is 0.0589. The summed E-state index contributed by atoms with van der Waals surface area (Å²) in [5.41, 5.74) is 2.96. The number of hydrogen-bond acceptors (Lipinski definition) is 2. The van der Waals surface area contributed by atoms with Crippen LogP contribution in [-0.4, -0.2) is 10.6 Å². The highest BCUT2D eigenvalue weighted by Crippen LogP contribution is 2.43. The Bertz CT molecular complexity index is 1110. The second-order valence-electron chi connectivity index (χ2n) is 7.67. The van der Waals surface area contributed by atoms with E-state index in [-0.39, 0.29) is 17.5 Å². The number of benzene rings is 2. The number of pyridine rings is 1. The molecule has 0 aliphatic carbocycles. The predicted molar refractivity (Wildman–Crippen MR) is 111 cm³/mol. The fourth-order valence-corrected chi connectivity index (χ4v) is 3.79. The Morgan fingerprint density at radius 3 is 2.82 bits per heavy atom. The first-order valence-electron chi connectivity index (χ1n) is 9.48. The van der Waals surface area contributed by atoms with E-state index in [9.17, 15) is 4.39 Å². The molecule has 1 aliphatic heterocycles. The molecule has 0 radical (unpaired) electrons. The van der Waals surface area contributed by atoms with E-state index in [1.807, 2.05) is 50.4 Å². The summed E-state index contributed by atoms with van der Waals surface area (Å²) in [6, 6.07) is 15.1. The van der Waals surface area contributed by atoms with Crippen LogP contribution in [-0.2, 0) is 0 Å². The minimum absolute atomic E-state index is 0.0387. The number of aromatic nitrogens is 1. The number of para-hydroxylation sites is 2. The van der Waals surface area contributed by atoms with Crippen molar-refractivity contribution in [3.05, 3.63) is 77.7 Å². The van der Waals surface area contributed by atoms with Crippen LogP contribution >= 0.6 is 0 Å². The normalized spacial score (nSPS) is 17.8. The highest BCUT2D eigenvalue weighted by molar-refractivity contribution is 5.88. The van der Waals surface area contributed by atoms with E-state index >= 15 is 0 Å². The molecule has 0 amide bonds. The second kappa shape index (κ2) is 7.13. The van der Waals surface area contributed by atoms with Crippen molar-refractivity contribution in [2.45, 2.75) is 32.3 Å². The van der Waals surface area contributed by atoms with Crippen LogP contribution in [0.25, 0.3) is 16.5 Å². The third-order valence-electron chi connectivity index (χ3n) is 5.38. The van der Waals surface area contributed by atoms with Crippen LogP contribution < -0.4 is 4.74 Å². The van der Waals surface area contributed by atoms with Gasteiger partial charge in [0.05, 0.1) is 5.52 Å². The van der Waals surface area contributed by atoms with Crippen molar-refractivity contribution >= 4 is 16.5 Å². The van der Waals surface area contributed by atoms with Gasteiger partial charge in [-0.15, -0.1) is 12.3 Å². The highest BCUT2D eigenvalue weighted by Gasteiger charge is 2.35. The van der Waals surface area contributed by atoms with Crippen LogP contribution in [0.3, 0.4) is 0 Å². The summed E-state index contributed by atoms with van der Waals surface area (Å²) >= 11 is 0. The molecule has 2 aromatic carbocycles. The van der Waals surface area contributed by atoms with Gasteiger partial charge in [0.2, 0.25) is 0 Å². The molecule has 3 aromatic rings. The largest absolute Gasteiger partial charge is 0.484 e. The number of halogens is 1. The molecule has 0 bridgehead atoms. The van der Waals surface area contributed by atoms with E-state index in [1.54, 1.807) is 6.07 Å². The predicted octanol–water partition coefficient (Wildman–Crippen LogP) is 6.01. The monoisotopic (exact) mass is 371 g/mol. The summed E-state index contributed by atoms with van der Waals surface area (Å²) in [5, 5.41) is 1.04. The Kier molecular flexibility index (Phi) is 4.65. The zero-order valence-corrected chi connectivity index (χ0v) is 16.1. The molecule has 0 saturated carbocycles. The van der Waals surface area contributed by atoms with Gasteiger partial charge in [0.15, 0.2) is 11.6 Å². The van der Waals surface area contributed by atoms with Crippen molar-refractivity contribution in [1.29, 1.82) is 0 Å². The first-order chi connectivity index (χ1) is 13.5. The average Bonchev–Trinajstić information content (AvgIpc) is 2.80. The first-order valence-corrected chi connectivity index (χ1v) is 9.48. The fourth-order valence-electron chi connectivity index (χ4n) is 3.79. The Morgan fingerprint density at radius 1 is 1.18 bits per heavy atom. The first kappa shape index (κ1) is 18.3. The summed E-state index contributed by atoms with van der Waals surface area (Å²) in [4.78, 5) is 4.60. The molecule has 140 valence electrons. The van der Waals surface area contributed by atoms with Gasteiger partial charge in [0.1, 0.15) is 5.60 Å². The van der Waals surface area contributed by atoms with Gasteiger partial charge in [-0.25, -0.2) is 4.39 Å². The summed E-state index contributed by atoms with van der Waals surface area (Å²) in [6.07, 6.45) is 10.9. The molecule has 0 fully saturated rings. The zero-order chi connectivity index (χ0) is 19.7. The third kappa shape index (κ3) is 3.27. The maximum Gasteiger partial charge on any atom is 0.165 e. The molecule has 2 heterocycles. The zero-order valence-electron chi connectivity index (χ0n) is 16.1. The third-order valence-corrected chi connectivity index (χ3v) is 5.38. The molecule has 0 spiro atoms. The molecular weight excluding hydrogens is 349 g/mol. The molecule has 3 heteroatoms. The SMILES string of the molecule is C#CCCC1C=C(c2cnc3ccccc3c2)c2cccc(F)c2OC1(C)C. The van der Waals surface area contributed by atoms with Gasteiger partial charge in [-0.2, -0.15) is 0 Å². The van der Waals surface area contributed by atoms with Gasteiger partial charge in [-0.3, -0.25) is 4.98 Å². The van der Waals surface area contributed by atoms with Gasteiger partial charge in [-0.05, 0) is 44.0 Å². The molecular formula is C25H22FNO. The summed E-state index contributed by atoms with van der Waals surface area (Å²) in [5.74, 6) is 2.68. The minimum atomic E-state index is -0.584. The minimum Gasteiger partial charge on any atom is -0.484 e. The van der Waals surface area contributed by atoms with Crippen LogP contribution in [0.2, 0.25) is 0 Å². The Balaban J connectivity index is 1.93. The van der Waals surface area contributed by atoms with Crippen LogP contribution in [0.15, 0.2) is 60.8 Å². The summed E-state index contributed by atoms with van der Waals surface area (Å²) < 4.78 is 20.9.